The van der Waals surface area contributed by atoms with Gasteiger partial charge >= 0.3 is 0 Å². The Morgan fingerprint density at radius 2 is 2.11 bits per heavy atom. The van der Waals surface area contributed by atoms with E-state index >= 15 is 0 Å². The van der Waals surface area contributed by atoms with E-state index < -0.39 is 0 Å². The van der Waals surface area contributed by atoms with Crippen molar-refractivity contribution in [3.63, 3.8) is 0 Å². The highest BCUT2D eigenvalue weighted by atomic mass is 15.3. The first-order valence-electron chi connectivity index (χ1n) is 7.19. The van der Waals surface area contributed by atoms with Crippen molar-refractivity contribution in [3.8, 4) is 0 Å². The average Bonchev–Trinajstić information content (AvgIpc) is 2.62. The van der Waals surface area contributed by atoms with Gasteiger partial charge in [0.05, 0.1) is 5.54 Å². The summed E-state index contributed by atoms with van der Waals surface area (Å²) >= 11 is 0. The smallest absolute Gasteiger partial charge is 0.0594 e. The molecule has 1 saturated heterocycles. The molecule has 1 atom stereocenters. The summed E-state index contributed by atoms with van der Waals surface area (Å²) in [4.78, 5) is 5.22. The molecule has 98 valence electrons. The van der Waals surface area contributed by atoms with Crippen LogP contribution in [0.3, 0.4) is 0 Å². The van der Waals surface area contributed by atoms with Crippen LogP contribution in [0, 0.1) is 6.92 Å². The van der Waals surface area contributed by atoms with E-state index in [1.807, 2.05) is 0 Å². The van der Waals surface area contributed by atoms with E-state index in [9.17, 15) is 0 Å². The van der Waals surface area contributed by atoms with Crippen molar-refractivity contribution in [2.24, 2.45) is 0 Å². The quantitative estimate of drug-likeness (QED) is 0.789. The lowest BCUT2D eigenvalue weighted by Gasteiger charge is -2.46. The summed E-state index contributed by atoms with van der Waals surface area (Å²) in [5.41, 5.74) is 4.86. The summed E-state index contributed by atoms with van der Waals surface area (Å²) in [6, 6.07) is 7.07. The van der Waals surface area contributed by atoms with Crippen molar-refractivity contribution in [1.82, 2.24) is 9.80 Å². The second kappa shape index (κ2) is 4.36. The van der Waals surface area contributed by atoms with Gasteiger partial charge in [-0.15, -0.1) is 0 Å². The largest absolute Gasteiger partial charge is 0.303 e. The van der Waals surface area contributed by atoms with Gasteiger partial charge in [0.15, 0.2) is 0 Å². The van der Waals surface area contributed by atoms with Gasteiger partial charge < -0.3 is 4.90 Å². The van der Waals surface area contributed by atoms with Gasteiger partial charge in [0.1, 0.15) is 0 Å². The van der Waals surface area contributed by atoms with Crippen molar-refractivity contribution in [2.75, 3.05) is 26.7 Å². The lowest BCUT2D eigenvalue weighted by atomic mass is 9.83. The molecule has 0 aliphatic carbocycles. The molecule has 0 aromatic heterocycles. The first-order valence-corrected chi connectivity index (χ1v) is 7.19. The van der Waals surface area contributed by atoms with Gasteiger partial charge in [0.2, 0.25) is 0 Å². The molecule has 1 aromatic carbocycles. The van der Waals surface area contributed by atoms with E-state index in [-0.39, 0.29) is 0 Å². The normalized spacial score (nSPS) is 28.2. The fourth-order valence-corrected chi connectivity index (χ4v) is 3.92. The number of aryl methyl sites for hydroxylation is 1. The van der Waals surface area contributed by atoms with Gasteiger partial charge in [-0.25, -0.2) is 0 Å². The molecule has 1 aromatic rings. The lowest BCUT2D eigenvalue weighted by Crippen LogP contribution is -2.55. The monoisotopic (exact) mass is 244 g/mol. The Labute approximate surface area is 111 Å². The Morgan fingerprint density at radius 1 is 1.28 bits per heavy atom. The summed E-state index contributed by atoms with van der Waals surface area (Å²) in [7, 11) is 2.26. The molecule has 0 spiro atoms. The molecular formula is C16H24N2. The van der Waals surface area contributed by atoms with Gasteiger partial charge in [-0.3, -0.25) is 4.90 Å². The molecule has 0 saturated carbocycles. The zero-order valence-corrected chi connectivity index (χ0v) is 11.9. The maximum Gasteiger partial charge on any atom is 0.0594 e. The van der Waals surface area contributed by atoms with Crippen molar-refractivity contribution in [3.05, 3.63) is 34.9 Å². The van der Waals surface area contributed by atoms with Crippen LogP contribution in [0.25, 0.3) is 0 Å². The lowest BCUT2D eigenvalue weighted by molar-refractivity contribution is 0.00757. The number of likely N-dealkylation sites (N-methyl/N-ethyl adjacent to an activating group) is 1. The molecule has 0 radical (unpaired) electrons. The maximum absolute atomic E-state index is 2.72. The number of rotatable bonds is 2. The van der Waals surface area contributed by atoms with Gasteiger partial charge in [0.25, 0.3) is 0 Å². The van der Waals surface area contributed by atoms with E-state index in [2.05, 4.69) is 48.9 Å². The number of hydrogen-bond acceptors (Lipinski definition) is 2. The van der Waals surface area contributed by atoms with Crippen molar-refractivity contribution < 1.29 is 0 Å². The van der Waals surface area contributed by atoms with Gasteiger partial charge in [-0.1, -0.05) is 37.1 Å². The summed E-state index contributed by atoms with van der Waals surface area (Å²) in [6.07, 6.45) is 2.55. The van der Waals surface area contributed by atoms with Crippen LogP contribution in [-0.4, -0.2) is 36.5 Å². The van der Waals surface area contributed by atoms with Gasteiger partial charge in [0, 0.05) is 26.2 Å². The van der Waals surface area contributed by atoms with Crippen molar-refractivity contribution in [1.29, 1.82) is 0 Å². The Kier molecular flexibility index (Phi) is 2.95. The van der Waals surface area contributed by atoms with E-state index in [1.54, 1.807) is 11.1 Å². The first kappa shape index (κ1) is 12.2. The van der Waals surface area contributed by atoms with E-state index in [0.29, 0.717) is 5.54 Å². The van der Waals surface area contributed by atoms with Crippen LogP contribution < -0.4 is 0 Å². The predicted molar refractivity (Wildman–Crippen MR) is 75.7 cm³/mol. The van der Waals surface area contributed by atoms with Crippen LogP contribution in [0.5, 0.6) is 0 Å². The maximum atomic E-state index is 2.72. The van der Waals surface area contributed by atoms with Crippen LogP contribution in [0.2, 0.25) is 0 Å². The highest BCUT2D eigenvalue weighted by Crippen LogP contribution is 2.44. The molecule has 18 heavy (non-hydrogen) atoms. The molecule has 2 nitrogen and oxygen atoms in total. The third-order valence-electron chi connectivity index (χ3n) is 4.68. The minimum atomic E-state index is 0.296. The van der Waals surface area contributed by atoms with Crippen LogP contribution in [0.15, 0.2) is 18.2 Å². The fourth-order valence-electron chi connectivity index (χ4n) is 3.92. The number of fused-ring (bicyclic) bond motifs is 3. The Morgan fingerprint density at radius 3 is 2.89 bits per heavy atom. The Hall–Kier alpha value is -0.860. The highest BCUT2D eigenvalue weighted by Gasteiger charge is 2.46. The van der Waals surface area contributed by atoms with Crippen LogP contribution in [0.4, 0.5) is 0 Å². The SMILES string of the molecule is CCCC12CN(C)CCN1Cc1cc(C)ccc12. The topological polar surface area (TPSA) is 6.48 Å². The standard InChI is InChI=1S/C16H24N2/c1-4-7-16-12-17(3)8-9-18(16)11-14-10-13(2)5-6-15(14)16/h5-6,10H,4,7-9,11-12H2,1-3H3. The average molecular weight is 244 g/mol. The highest BCUT2D eigenvalue weighted by molar-refractivity contribution is 5.41. The van der Waals surface area contributed by atoms with Gasteiger partial charge in [-0.2, -0.15) is 0 Å². The third-order valence-corrected chi connectivity index (χ3v) is 4.68. The minimum Gasteiger partial charge on any atom is -0.303 e. The molecular weight excluding hydrogens is 220 g/mol. The summed E-state index contributed by atoms with van der Waals surface area (Å²) in [5.74, 6) is 0. The number of hydrogen-bond donors (Lipinski definition) is 0. The van der Waals surface area contributed by atoms with Crippen molar-refractivity contribution in [2.45, 2.75) is 38.8 Å². The Bertz CT molecular complexity index is 454. The number of nitrogens with zero attached hydrogens (tertiary/aromatic N) is 2. The van der Waals surface area contributed by atoms with Crippen LogP contribution in [0.1, 0.15) is 36.5 Å². The van der Waals surface area contributed by atoms with E-state index in [4.69, 9.17) is 0 Å². The molecule has 1 unspecified atom stereocenters. The van der Waals surface area contributed by atoms with Gasteiger partial charge in [-0.05, 0) is 31.5 Å². The zero-order valence-electron chi connectivity index (χ0n) is 11.9. The summed E-state index contributed by atoms with van der Waals surface area (Å²) in [5, 5.41) is 0. The molecule has 1 fully saturated rings. The first-order chi connectivity index (χ1) is 8.65. The molecule has 0 bridgehead atoms. The van der Waals surface area contributed by atoms with Crippen molar-refractivity contribution >= 4 is 0 Å². The summed E-state index contributed by atoms with van der Waals surface area (Å²) < 4.78 is 0. The molecule has 2 heterocycles. The number of benzene rings is 1. The zero-order chi connectivity index (χ0) is 12.8. The number of piperazine rings is 1. The predicted octanol–water partition coefficient (Wildman–Crippen LogP) is 2.75. The van der Waals surface area contributed by atoms with Crippen LogP contribution >= 0.6 is 0 Å². The minimum absolute atomic E-state index is 0.296. The Balaban J connectivity index is 2.07. The summed E-state index contributed by atoms with van der Waals surface area (Å²) in [6.45, 7) is 9.29. The van der Waals surface area contributed by atoms with E-state index in [1.165, 1.54) is 38.0 Å². The second-order valence-electron chi connectivity index (χ2n) is 6.10. The molecule has 2 aliphatic rings. The molecule has 0 amide bonds. The molecule has 2 aliphatic heterocycles. The second-order valence-corrected chi connectivity index (χ2v) is 6.10. The fraction of sp³-hybridized carbons (Fsp3) is 0.625. The van der Waals surface area contributed by atoms with Crippen LogP contribution in [-0.2, 0) is 12.1 Å². The molecule has 3 rings (SSSR count). The third kappa shape index (κ3) is 1.70. The molecule has 2 heteroatoms. The van der Waals surface area contributed by atoms with E-state index in [0.717, 1.165) is 6.54 Å². The molecule has 0 N–H and O–H groups in total.